The van der Waals surface area contributed by atoms with E-state index in [2.05, 4.69) is 0 Å². The average molecular weight is 159 g/mol. The Labute approximate surface area is 65.3 Å². The van der Waals surface area contributed by atoms with Gasteiger partial charge >= 0.3 is 0 Å². The molecule has 0 radical (unpaired) electrons. The predicted molar refractivity (Wildman–Crippen MR) is 37.8 cm³/mol. The summed E-state index contributed by atoms with van der Waals surface area (Å²) in [6.45, 7) is 1.82. The second-order valence-corrected chi connectivity index (χ2v) is 3.24. The average Bonchev–Trinajstić information content (AvgIpc) is 2.38. The van der Waals surface area contributed by atoms with Crippen molar-refractivity contribution in [1.29, 1.82) is 0 Å². The molecule has 1 aliphatic heterocycles. The summed E-state index contributed by atoms with van der Waals surface area (Å²) in [4.78, 5) is 0. The lowest BCUT2D eigenvalue weighted by Crippen LogP contribution is -2.34. The zero-order chi connectivity index (χ0) is 8.01. The number of aliphatic hydroxyl groups is 1. The molecule has 2 aliphatic rings. The molecule has 1 saturated carbocycles. The van der Waals surface area contributed by atoms with Crippen LogP contribution in [0.2, 0.25) is 0 Å². The molecule has 3 N–H and O–H groups in total. The second-order valence-electron chi connectivity index (χ2n) is 3.24. The van der Waals surface area contributed by atoms with E-state index in [9.17, 15) is 5.11 Å². The number of hydrogen-bond acceptors (Lipinski definition) is 4. The Balaban J connectivity index is 2.10. The Hall–Kier alpha value is -0.160. The van der Waals surface area contributed by atoms with E-state index < -0.39 is 6.10 Å². The molecule has 0 aromatic carbocycles. The van der Waals surface area contributed by atoms with Gasteiger partial charge in [0.1, 0.15) is 12.2 Å². The lowest BCUT2D eigenvalue weighted by Gasteiger charge is -2.10. The van der Waals surface area contributed by atoms with Gasteiger partial charge in [-0.25, -0.2) is 0 Å². The maximum absolute atomic E-state index is 9.40. The van der Waals surface area contributed by atoms with Gasteiger partial charge in [-0.1, -0.05) is 0 Å². The summed E-state index contributed by atoms with van der Waals surface area (Å²) in [6.07, 6.45) is -0.367. The maximum Gasteiger partial charge on any atom is 0.156 e. The predicted octanol–water partition coefficient (Wildman–Crippen LogP) is -0.792. The zero-order valence-corrected chi connectivity index (χ0v) is 6.43. The molecule has 0 amide bonds. The molecule has 1 aliphatic carbocycles. The highest BCUT2D eigenvalue weighted by molar-refractivity contribution is 4.98. The largest absolute Gasteiger partial charge is 0.390 e. The Morgan fingerprint density at radius 3 is 2.64 bits per heavy atom. The SMILES string of the molecule is CC1O[C@@H]2C(O)CC(N)[C@@H]2O1. The Morgan fingerprint density at radius 2 is 2.00 bits per heavy atom. The molecule has 4 heteroatoms. The first-order valence-corrected chi connectivity index (χ1v) is 3.93. The van der Waals surface area contributed by atoms with E-state index in [1.54, 1.807) is 0 Å². The molecule has 2 fully saturated rings. The first-order valence-electron chi connectivity index (χ1n) is 3.93. The van der Waals surface area contributed by atoms with Crippen LogP contribution in [0.4, 0.5) is 0 Å². The van der Waals surface area contributed by atoms with E-state index in [-0.39, 0.29) is 24.5 Å². The van der Waals surface area contributed by atoms with Crippen LogP contribution in [0.1, 0.15) is 13.3 Å². The van der Waals surface area contributed by atoms with Crippen LogP contribution in [0.3, 0.4) is 0 Å². The molecule has 0 spiro atoms. The van der Waals surface area contributed by atoms with Crippen molar-refractivity contribution in [2.45, 2.75) is 44.0 Å². The fourth-order valence-corrected chi connectivity index (χ4v) is 1.83. The van der Waals surface area contributed by atoms with Crippen LogP contribution in [-0.4, -0.2) is 35.8 Å². The van der Waals surface area contributed by atoms with Crippen molar-refractivity contribution in [2.75, 3.05) is 0 Å². The number of rotatable bonds is 0. The monoisotopic (exact) mass is 159 g/mol. The van der Waals surface area contributed by atoms with Crippen LogP contribution in [0.5, 0.6) is 0 Å². The molecule has 11 heavy (non-hydrogen) atoms. The van der Waals surface area contributed by atoms with Crippen LogP contribution in [0.15, 0.2) is 0 Å². The van der Waals surface area contributed by atoms with Gasteiger partial charge in [0.05, 0.1) is 6.10 Å². The molecule has 1 heterocycles. The molecule has 4 nitrogen and oxygen atoms in total. The van der Waals surface area contributed by atoms with E-state index in [0.29, 0.717) is 6.42 Å². The number of hydrogen-bond donors (Lipinski definition) is 2. The fourth-order valence-electron chi connectivity index (χ4n) is 1.83. The van der Waals surface area contributed by atoms with E-state index in [1.807, 2.05) is 6.92 Å². The highest BCUT2D eigenvalue weighted by atomic mass is 16.7. The van der Waals surface area contributed by atoms with Gasteiger partial charge in [0.15, 0.2) is 6.29 Å². The topological polar surface area (TPSA) is 64.7 Å². The van der Waals surface area contributed by atoms with Crippen molar-refractivity contribution in [3.63, 3.8) is 0 Å². The van der Waals surface area contributed by atoms with Gasteiger partial charge in [0.2, 0.25) is 0 Å². The summed E-state index contributed by atoms with van der Waals surface area (Å²) in [5.41, 5.74) is 5.71. The minimum atomic E-state index is -0.444. The van der Waals surface area contributed by atoms with Crippen molar-refractivity contribution >= 4 is 0 Å². The molecule has 0 bridgehead atoms. The number of ether oxygens (including phenoxy) is 2. The van der Waals surface area contributed by atoms with Crippen molar-refractivity contribution < 1.29 is 14.6 Å². The molecule has 3 unspecified atom stereocenters. The lowest BCUT2D eigenvalue weighted by molar-refractivity contribution is -0.0790. The lowest BCUT2D eigenvalue weighted by atomic mass is 10.2. The molecule has 5 atom stereocenters. The normalized spacial score (nSPS) is 56.5. The molecule has 64 valence electrons. The van der Waals surface area contributed by atoms with Crippen LogP contribution >= 0.6 is 0 Å². The van der Waals surface area contributed by atoms with Gasteiger partial charge in [-0.15, -0.1) is 0 Å². The summed E-state index contributed by atoms with van der Waals surface area (Å²) < 4.78 is 10.7. The third-order valence-corrected chi connectivity index (χ3v) is 2.34. The van der Waals surface area contributed by atoms with E-state index in [4.69, 9.17) is 15.2 Å². The van der Waals surface area contributed by atoms with Gasteiger partial charge in [0.25, 0.3) is 0 Å². The number of nitrogens with two attached hydrogens (primary N) is 1. The minimum absolute atomic E-state index is 0.0695. The van der Waals surface area contributed by atoms with Crippen molar-refractivity contribution in [3.8, 4) is 0 Å². The summed E-state index contributed by atoms with van der Waals surface area (Å²) >= 11 is 0. The van der Waals surface area contributed by atoms with Crippen LogP contribution < -0.4 is 5.73 Å². The Kier molecular flexibility index (Phi) is 1.64. The summed E-state index contributed by atoms with van der Waals surface area (Å²) in [5.74, 6) is 0. The summed E-state index contributed by atoms with van der Waals surface area (Å²) in [6, 6.07) is -0.0695. The second kappa shape index (κ2) is 2.42. The third kappa shape index (κ3) is 1.06. The van der Waals surface area contributed by atoms with Gasteiger partial charge in [-0.3, -0.25) is 0 Å². The standard InChI is InChI=1S/C7H13NO3/c1-3-10-6-4(8)2-5(9)7(6)11-3/h3-7,9H,2,8H2,1H3/t3?,4?,5?,6-,7+/m0/s1. The van der Waals surface area contributed by atoms with E-state index >= 15 is 0 Å². The van der Waals surface area contributed by atoms with Gasteiger partial charge in [0, 0.05) is 6.04 Å². The van der Waals surface area contributed by atoms with E-state index in [0.717, 1.165) is 0 Å². The summed E-state index contributed by atoms with van der Waals surface area (Å²) in [7, 11) is 0. The Morgan fingerprint density at radius 1 is 1.36 bits per heavy atom. The fraction of sp³-hybridized carbons (Fsp3) is 1.00. The maximum atomic E-state index is 9.40. The summed E-state index contributed by atoms with van der Waals surface area (Å²) in [5, 5.41) is 9.40. The molecular weight excluding hydrogens is 146 g/mol. The number of fused-ring (bicyclic) bond motifs is 1. The van der Waals surface area contributed by atoms with Crippen molar-refractivity contribution in [2.24, 2.45) is 5.73 Å². The smallest absolute Gasteiger partial charge is 0.156 e. The highest BCUT2D eigenvalue weighted by Gasteiger charge is 2.48. The first kappa shape index (κ1) is 7.49. The molecule has 0 aromatic heterocycles. The van der Waals surface area contributed by atoms with Crippen molar-refractivity contribution in [3.05, 3.63) is 0 Å². The van der Waals surface area contributed by atoms with Gasteiger partial charge < -0.3 is 20.3 Å². The van der Waals surface area contributed by atoms with Crippen LogP contribution in [0, 0.1) is 0 Å². The minimum Gasteiger partial charge on any atom is -0.390 e. The van der Waals surface area contributed by atoms with Crippen molar-refractivity contribution in [1.82, 2.24) is 0 Å². The Bertz CT molecular complexity index is 148. The molecule has 0 aromatic rings. The van der Waals surface area contributed by atoms with Crippen LogP contribution in [0.25, 0.3) is 0 Å². The third-order valence-electron chi connectivity index (χ3n) is 2.34. The van der Waals surface area contributed by atoms with Gasteiger partial charge in [-0.2, -0.15) is 0 Å². The molecule has 2 rings (SSSR count). The molecular formula is C7H13NO3. The number of aliphatic hydroxyl groups excluding tert-OH is 1. The highest BCUT2D eigenvalue weighted by Crippen LogP contribution is 2.32. The van der Waals surface area contributed by atoms with Crippen LogP contribution in [-0.2, 0) is 9.47 Å². The molecule has 1 saturated heterocycles. The zero-order valence-electron chi connectivity index (χ0n) is 6.43. The quantitative estimate of drug-likeness (QED) is 0.486. The first-order chi connectivity index (χ1) is 5.18. The van der Waals surface area contributed by atoms with Gasteiger partial charge in [-0.05, 0) is 13.3 Å². The van der Waals surface area contributed by atoms with E-state index in [1.165, 1.54) is 0 Å².